The van der Waals surface area contributed by atoms with Crippen molar-refractivity contribution in [2.24, 2.45) is 0 Å². The largest absolute Gasteiger partial charge is 0.507 e. The molecule has 2 aliphatic rings. The number of amides is 1. The van der Waals surface area contributed by atoms with Gasteiger partial charge in [0.25, 0.3) is 5.78 Å². The van der Waals surface area contributed by atoms with Crippen LogP contribution in [0.25, 0.3) is 5.76 Å². The standard InChI is InChI=1S/C32H28FN3O5S2/c1-3-13-40-23-9-6-8-19(16-23)27-26(28(37)20-11-12-25-22(15-20)14-18(2)41-25)29(38)30(39)36(27)31-34-35-32(43-31)42-17-21-7-4-5-10-24(21)33/h4-12,15-16,18,27,37H,3,13-14,17H2,1-2H3/b28-26+/t18-,27+/m0/s1. The molecule has 0 saturated carbocycles. The molecule has 4 aromatic rings. The molecule has 43 heavy (non-hydrogen) atoms. The highest BCUT2D eigenvalue weighted by molar-refractivity contribution is 8.00. The normalized spacial score (nSPS) is 19.0. The smallest absolute Gasteiger partial charge is 0.301 e. The van der Waals surface area contributed by atoms with Crippen LogP contribution < -0.4 is 14.4 Å². The Kier molecular flexibility index (Phi) is 8.18. The second-order valence-corrected chi connectivity index (χ2v) is 12.5. The quantitative estimate of drug-likeness (QED) is 0.0727. The third kappa shape index (κ3) is 5.74. The minimum atomic E-state index is -0.981. The van der Waals surface area contributed by atoms with Gasteiger partial charge in [0, 0.05) is 17.7 Å². The summed E-state index contributed by atoms with van der Waals surface area (Å²) in [6, 6.07) is 17.9. The number of thioether (sulfide) groups is 1. The van der Waals surface area contributed by atoms with Crippen molar-refractivity contribution in [1.29, 1.82) is 0 Å². The van der Waals surface area contributed by atoms with E-state index in [0.29, 0.717) is 45.6 Å². The van der Waals surface area contributed by atoms with E-state index < -0.39 is 17.7 Å². The molecule has 3 aromatic carbocycles. The number of hydrogen-bond acceptors (Lipinski definition) is 9. The number of ether oxygens (including phenoxy) is 2. The van der Waals surface area contributed by atoms with E-state index in [9.17, 15) is 19.1 Å². The first-order valence-electron chi connectivity index (χ1n) is 13.9. The molecule has 0 bridgehead atoms. The Labute approximate surface area is 256 Å². The van der Waals surface area contributed by atoms with E-state index >= 15 is 0 Å². The molecule has 3 heterocycles. The fraction of sp³-hybridized carbons (Fsp3) is 0.250. The Bertz CT molecular complexity index is 1740. The number of ketones is 1. The number of anilines is 1. The number of carbonyl (C=O) groups excluding carboxylic acids is 2. The van der Waals surface area contributed by atoms with Crippen LogP contribution in [-0.2, 0) is 21.8 Å². The van der Waals surface area contributed by atoms with Crippen LogP contribution in [0.1, 0.15) is 48.6 Å². The highest BCUT2D eigenvalue weighted by Gasteiger charge is 2.48. The van der Waals surface area contributed by atoms with Crippen molar-refractivity contribution in [3.8, 4) is 11.5 Å². The summed E-state index contributed by atoms with van der Waals surface area (Å²) in [7, 11) is 0. The molecule has 0 aliphatic carbocycles. The number of halogens is 1. The minimum absolute atomic E-state index is 0.00619. The van der Waals surface area contributed by atoms with Gasteiger partial charge < -0.3 is 14.6 Å². The van der Waals surface area contributed by atoms with Crippen molar-refractivity contribution in [1.82, 2.24) is 10.2 Å². The number of aromatic nitrogens is 2. The van der Waals surface area contributed by atoms with Crippen molar-refractivity contribution in [2.45, 2.75) is 48.9 Å². The molecule has 220 valence electrons. The lowest BCUT2D eigenvalue weighted by Crippen LogP contribution is -2.29. The molecule has 0 radical (unpaired) electrons. The van der Waals surface area contributed by atoms with Crippen LogP contribution >= 0.6 is 23.1 Å². The summed E-state index contributed by atoms with van der Waals surface area (Å²) in [5.41, 5.74) is 2.36. The predicted molar refractivity (Wildman–Crippen MR) is 163 cm³/mol. The molecule has 11 heteroatoms. The molecule has 2 atom stereocenters. The Balaban J connectivity index is 1.40. The topological polar surface area (TPSA) is 102 Å². The lowest BCUT2D eigenvalue weighted by atomic mass is 9.94. The van der Waals surface area contributed by atoms with Gasteiger partial charge in [-0.05, 0) is 66.4 Å². The van der Waals surface area contributed by atoms with E-state index in [1.165, 1.54) is 22.7 Å². The zero-order valence-corrected chi connectivity index (χ0v) is 25.1. The summed E-state index contributed by atoms with van der Waals surface area (Å²) in [4.78, 5) is 28.5. The number of rotatable bonds is 9. The van der Waals surface area contributed by atoms with E-state index in [0.717, 1.165) is 29.1 Å². The number of carbonyl (C=O) groups is 2. The number of benzene rings is 3. The maximum atomic E-state index is 14.2. The Hall–Kier alpha value is -4.22. The lowest BCUT2D eigenvalue weighted by molar-refractivity contribution is -0.132. The number of aliphatic hydroxyl groups is 1. The molecule has 1 N–H and O–H groups in total. The van der Waals surface area contributed by atoms with Crippen molar-refractivity contribution in [2.75, 3.05) is 11.5 Å². The number of Topliss-reactive ketones (excluding diaryl/α,β-unsaturated/α-hetero) is 1. The average molecular weight is 618 g/mol. The maximum Gasteiger partial charge on any atom is 0.301 e. The molecule has 6 rings (SSSR count). The zero-order chi connectivity index (χ0) is 30.1. The Morgan fingerprint density at radius 1 is 1.14 bits per heavy atom. The molecule has 1 saturated heterocycles. The molecular weight excluding hydrogens is 590 g/mol. The van der Waals surface area contributed by atoms with Crippen LogP contribution in [0.3, 0.4) is 0 Å². The molecule has 8 nitrogen and oxygen atoms in total. The fourth-order valence-corrected chi connectivity index (χ4v) is 7.03. The summed E-state index contributed by atoms with van der Waals surface area (Å²) in [6.07, 6.45) is 1.48. The van der Waals surface area contributed by atoms with Gasteiger partial charge in [-0.2, -0.15) is 0 Å². The van der Waals surface area contributed by atoms with Crippen molar-refractivity contribution >= 4 is 45.7 Å². The van der Waals surface area contributed by atoms with E-state index in [4.69, 9.17) is 9.47 Å². The first-order valence-corrected chi connectivity index (χ1v) is 15.7. The van der Waals surface area contributed by atoms with Crippen LogP contribution in [0.2, 0.25) is 0 Å². The van der Waals surface area contributed by atoms with E-state index in [1.54, 1.807) is 60.7 Å². The van der Waals surface area contributed by atoms with Gasteiger partial charge in [-0.3, -0.25) is 14.5 Å². The number of nitrogens with zero attached hydrogens (tertiary/aromatic N) is 3. The van der Waals surface area contributed by atoms with Gasteiger partial charge in [-0.25, -0.2) is 4.39 Å². The SMILES string of the molecule is CCCOc1cccc([C@@H]2/C(=C(\O)c3ccc4c(c3)C[C@H](C)O4)C(=O)C(=O)N2c2nnc(SCc3ccccc3F)s2)c1. The van der Waals surface area contributed by atoms with Gasteiger partial charge in [0.1, 0.15) is 29.2 Å². The van der Waals surface area contributed by atoms with E-state index in [1.807, 2.05) is 13.8 Å². The summed E-state index contributed by atoms with van der Waals surface area (Å²) in [5.74, 6) is -0.631. The van der Waals surface area contributed by atoms with Crippen LogP contribution in [0, 0.1) is 5.82 Å². The third-order valence-corrected chi connectivity index (χ3v) is 9.28. The van der Waals surface area contributed by atoms with E-state index in [-0.39, 0.29) is 28.4 Å². The summed E-state index contributed by atoms with van der Waals surface area (Å²) < 4.78 is 26.3. The highest BCUT2D eigenvalue weighted by Crippen LogP contribution is 2.45. The van der Waals surface area contributed by atoms with Crippen LogP contribution in [0.4, 0.5) is 9.52 Å². The van der Waals surface area contributed by atoms with Crippen LogP contribution in [0.5, 0.6) is 11.5 Å². The first-order chi connectivity index (χ1) is 20.8. The summed E-state index contributed by atoms with van der Waals surface area (Å²) in [5, 5.41) is 20.2. The fourth-order valence-electron chi connectivity index (χ4n) is 5.18. The molecule has 0 unspecified atom stereocenters. The lowest BCUT2D eigenvalue weighted by Gasteiger charge is -2.23. The van der Waals surface area contributed by atoms with Gasteiger partial charge in [0.05, 0.1) is 18.2 Å². The molecule has 0 spiro atoms. The predicted octanol–water partition coefficient (Wildman–Crippen LogP) is 6.71. The van der Waals surface area contributed by atoms with Crippen LogP contribution in [-0.4, -0.2) is 39.7 Å². The summed E-state index contributed by atoms with van der Waals surface area (Å²) >= 11 is 2.40. The van der Waals surface area contributed by atoms with Gasteiger partial charge in [-0.15, -0.1) is 10.2 Å². The monoisotopic (exact) mass is 617 g/mol. The summed E-state index contributed by atoms with van der Waals surface area (Å²) in [6.45, 7) is 4.46. The minimum Gasteiger partial charge on any atom is -0.507 e. The molecule has 1 aromatic heterocycles. The number of fused-ring (bicyclic) bond motifs is 1. The first kappa shape index (κ1) is 28.9. The highest BCUT2D eigenvalue weighted by atomic mass is 32.2. The van der Waals surface area contributed by atoms with Crippen molar-refractivity contribution < 1.29 is 28.6 Å². The van der Waals surface area contributed by atoms with Gasteiger partial charge in [0.15, 0.2) is 4.34 Å². The number of aliphatic hydroxyl groups excluding tert-OH is 1. The van der Waals surface area contributed by atoms with Crippen LogP contribution in [0.15, 0.2) is 76.6 Å². The Morgan fingerprint density at radius 3 is 2.79 bits per heavy atom. The van der Waals surface area contributed by atoms with Gasteiger partial charge in [-0.1, -0.05) is 60.4 Å². The zero-order valence-electron chi connectivity index (χ0n) is 23.5. The van der Waals surface area contributed by atoms with Gasteiger partial charge >= 0.3 is 5.91 Å². The second-order valence-electron chi connectivity index (χ2n) is 10.3. The van der Waals surface area contributed by atoms with E-state index in [2.05, 4.69) is 10.2 Å². The maximum absolute atomic E-state index is 14.2. The van der Waals surface area contributed by atoms with Gasteiger partial charge in [0.2, 0.25) is 5.13 Å². The molecule has 1 fully saturated rings. The molecule has 2 aliphatic heterocycles. The second kappa shape index (κ2) is 12.2. The Morgan fingerprint density at radius 2 is 1.98 bits per heavy atom. The molecular formula is C32H28FN3O5S2. The average Bonchev–Trinajstić information content (AvgIpc) is 3.70. The third-order valence-electron chi connectivity index (χ3n) is 7.17. The van der Waals surface area contributed by atoms with Crippen molar-refractivity contribution in [3.63, 3.8) is 0 Å². The van der Waals surface area contributed by atoms with Crippen molar-refractivity contribution in [3.05, 3.63) is 100 Å². The number of hydrogen-bond donors (Lipinski definition) is 1. The molecule has 1 amide bonds.